The quantitative estimate of drug-likeness (QED) is 0.697. The zero-order valence-corrected chi connectivity index (χ0v) is 7.97. The molecule has 0 unspecified atom stereocenters. The Hall–Kier alpha value is -1.98. The van der Waals surface area contributed by atoms with Crippen molar-refractivity contribution >= 4 is 5.95 Å². The maximum atomic E-state index is 5.65. The van der Waals surface area contributed by atoms with Crippen LogP contribution in [-0.4, -0.2) is 24.7 Å². The van der Waals surface area contributed by atoms with Gasteiger partial charge < -0.3 is 5.73 Å². The highest BCUT2D eigenvalue weighted by Gasteiger charge is 2.06. The third kappa shape index (κ3) is 1.41. The predicted octanol–water partition coefficient (Wildman–Crippen LogP) is 0.256. The molecule has 2 N–H and O–H groups in total. The molecule has 0 amide bonds. The normalized spacial score (nSPS) is 10.4. The van der Waals surface area contributed by atoms with Gasteiger partial charge in [0.2, 0.25) is 5.95 Å². The van der Waals surface area contributed by atoms with Gasteiger partial charge in [0.25, 0.3) is 0 Å². The van der Waals surface area contributed by atoms with Crippen molar-refractivity contribution in [2.45, 2.75) is 13.8 Å². The second-order valence-electron chi connectivity index (χ2n) is 2.95. The van der Waals surface area contributed by atoms with E-state index >= 15 is 0 Å². The van der Waals surface area contributed by atoms with Gasteiger partial charge in [-0.15, -0.1) is 5.10 Å². The maximum Gasteiger partial charge on any atom is 0.225 e. The van der Waals surface area contributed by atoms with Crippen LogP contribution in [0.2, 0.25) is 0 Å². The fourth-order valence-corrected chi connectivity index (χ4v) is 1.16. The van der Waals surface area contributed by atoms with Crippen molar-refractivity contribution < 1.29 is 0 Å². The average molecular weight is 190 g/mol. The van der Waals surface area contributed by atoms with Gasteiger partial charge in [-0.1, -0.05) is 0 Å². The van der Waals surface area contributed by atoms with E-state index in [2.05, 4.69) is 20.1 Å². The van der Waals surface area contributed by atoms with E-state index in [9.17, 15) is 0 Å². The zero-order valence-electron chi connectivity index (χ0n) is 7.97. The topological polar surface area (TPSA) is 82.5 Å². The Balaban J connectivity index is 2.54. The number of anilines is 1. The summed E-state index contributed by atoms with van der Waals surface area (Å²) in [5.74, 6) is 1.59. The number of nitrogens with zero attached hydrogens (tertiary/aromatic N) is 5. The number of nitrogen functional groups attached to an aromatic ring is 1. The summed E-state index contributed by atoms with van der Waals surface area (Å²) >= 11 is 0. The van der Waals surface area contributed by atoms with Crippen LogP contribution in [0.15, 0.2) is 12.4 Å². The monoisotopic (exact) mass is 190 g/mol. The second-order valence-corrected chi connectivity index (χ2v) is 2.95. The molecule has 2 heterocycles. The molecular formula is C8H10N6. The highest BCUT2D eigenvalue weighted by molar-refractivity contribution is 5.31. The van der Waals surface area contributed by atoms with Crippen molar-refractivity contribution in [3.8, 4) is 5.82 Å². The van der Waals surface area contributed by atoms with Crippen LogP contribution in [0.25, 0.3) is 5.82 Å². The van der Waals surface area contributed by atoms with Crippen LogP contribution in [0.3, 0.4) is 0 Å². The van der Waals surface area contributed by atoms with E-state index < -0.39 is 0 Å². The van der Waals surface area contributed by atoms with Gasteiger partial charge in [0.05, 0.1) is 0 Å². The van der Waals surface area contributed by atoms with E-state index in [0.29, 0.717) is 17.6 Å². The summed E-state index contributed by atoms with van der Waals surface area (Å²) in [6.45, 7) is 3.66. The Morgan fingerprint density at radius 1 is 1.29 bits per heavy atom. The molecule has 0 aliphatic carbocycles. The molecule has 2 aromatic rings. The molecule has 72 valence electrons. The molecule has 2 rings (SSSR count). The average Bonchev–Trinajstić information content (AvgIpc) is 2.45. The molecule has 6 heteroatoms. The minimum Gasteiger partial charge on any atom is -0.368 e. The lowest BCUT2D eigenvalue weighted by Crippen LogP contribution is -2.05. The molecule has 14 heavy (non-hydrogen) atoms. The Labute approximate surface area is 80.8 Å². The van der Waals surface area contributed by atoms with Gasteiger partial charge in [-0.3, -0.25) is 0 Å². The molecule has 2 aromatic heterocycles. The summed E-state index contributed by atoms with van der Waals surface area (Å²) in [4.78, 5) is 12.0. The molecule has 6 nitrogen and oxygen atoms in total. The maximum absolute atomic E-state index is 5.65. The Morgan fingerprint density at radius 3 is 2.64 bits per heavy atom. The van der Waals surface area contributed by atoms with E-state index in [4.69, 9.17) is 5.73 Å². The van der Waals surface area contributed by atoms with E-state index in [0.717, 1.165) is 5.69 Å². The van der Waals surface area contributed by atoms with Gasteiger partial charge in [0.15, 0.2) is 5.82 Å². The summed E-state index contributed by atoms with van der Waals surface area (Å²) in [6, 6.07) is 1.80. The third-order valence-electron chi connectivity index (χ3n) is 1.74. The van der Waals surface area contributed by atoms with Crippen molar-refractivity contribution in [3.63, 3.8) is 0 Å². The Morgan fingerprint density at radius 2 is 2.07 bits per heavy atom. The van der Waals surface area contributed by atoms with Crippen LogP contribution in [0.4, 0.5) is 5.95 Å². The number of nitrogens with two attached hydrogens (primary N) is 1. The molecule has 0 saturated heterocycles. The predicted molar refractivity (Wildman–Crippen MR) is 50.8 cm³/mol. The lowest BCUT2D eigenvalue weighted by Gasteiger charge is -2.00. The molecule has 0 bridgehead atoms. The highest BCUT2D eigenvalue weighted by atomic mass is 15.4. The fraction of sp³-hybridized carbons (Fsp3) is 0.250. The molecular weight excluding hydrogens is 180 g/mol. The van der Waals surface area contributed by atoms with Crippen LogP contribution >= 0.6 is 0 Å². The van der Waals surface area contributed by atoms with Crippen molar-refractivity contribution in [1.82, 2.24) is 24.7 Å². The molecule has 0 aliphatic heterocycles. The fourth-order valence-electron chi connectivity index (χ4n) is 1.16. The van der Waals surface area contributed by atoms with Gasteiger partial charge >= 0.3 is 0 Å². The minimum absolute atomic E-state index is 0.334. The van der Waals surface area contributed by atoms with Crippen LogP contribution in [0.1, 0.15) is 11.5 Å². The van der Waals surface area contributed by atoms with Crippen molar-refractivity contribution in [2.24, 2.45) is 0 Å². The van der Waals surface area contributed by atoms with Crippen LogP contribution in [0, 0.1) is 13.8 Å². The summed E-state index contributed by atoms with van der Waals surface area (Å²) in [7, 11) is 0. The SMILES string of the molecule is Cc1cc(-n2nc(C)nc2N)ncn1. The summed E-state index contributed by atoms with van der Waals surface area (Å²) in [5, 5.41) is 4.11. The van der Waals surface area contributed by atoms with Crippen molar-refractivity contribution in [1.29, 1.82) is 0 Å². The molecule has 0 spiro atoms. The number of rotatable bonds is 1. The van der Waals surface area contributed by atoms with Crippen LogP contribution in [0.5, 0.6) is 0 Å². The van der Waals surface area contributed by atoms with Gasteiger partial charge in [-0.05, 0) is 13.8 Å². The summed E-state index contributed by atoms with van der Waals surface area (Å²) in [6.07, 6.45) is 1.47. The van der Waals surface area contributed by atoms with E-state index in [-0.39, 0.29) is 0 Å². The van der Waals surface area contributed by atoms with Gasteiger partial charge in [-0.25, -0.2) is 9.97 Å². The van der Waals surface area contributed by atoms with Crippen LogP contribution < -0.4 is 5.73 Å². The molecule has 0 radical (unpaired) electrons. The number of hydrogen-bond donors (Lipinski definition) is 1. The number of aryl methyl sites for hydroxylation is 2. The smallest absolute Gasteiger partial charge is 0.225 e. The zero-order chi connectivity index (χ0) is 10.1. The Bertz CT molecular complexity index is 461. The third-order valence-corrected chi connectivity index (χ3v) is 1.74. The Kier molecular flexibility index (Phi) is 1.88. The minimum atomic E-state index is 0.334. The highest BCUT2D eigenvalue weighted by Crippen LogP contribution is 2.08. The molecule has 0 aliphatic rings. The number of aromatic nitrogens is 5. The first-order valence-electron chi connectivity index (χ1n) is 4.15. The second kappa shape index (κ2) is 3.06. The molecule has 0 atom stereocenters. The molecule has 0 aromatic carbocycles. The molecule has 0 fully saturated rings. The standard InChI is InChI=1S/C8H10N6/c1-5-3-7(11-4-10-5)14-8(9)12-6(2)13-14/h3-4H,1-2H3,(H2,9,12,13). The first-order chi connectivity index (χ1) is 6.66. The van der Waals surface area contributed by atoms with Crippen molar-refractivity contribution in [3.05, 3.63) is 23.9 Å². The first-order valence-corrected chi connectivity index (χ1v) is 4.15. The van der Waals surface area contributed by atoms with Gasteiger partial charge in [-0.2, -0.15) is 9.67 Å². The molecule has 0 saturated carbocycles. The van der Waals surface area contributed by atoms with Crippen LogP contribution in [-0.2, 0) is 0 Å². The van der Waals surface area contributed by atoms with Gasteiger partial charge in [0.1, 0.15) is 12.2 Å². The lowest BCUT2D eigenvalue weighted by molar-refractivity contribution is 0.830. The lowest BCUT2D eigenvalue weighted by atomic mass is 10.4. The van der Waals surface area contributed by atoms with E-state index in [1.54, 1.807) is 13.0 Å². The van der Waals surface area contributed by atoms with Gasteiger partial charge in [0, 0.05) is 11.8 Å². The first kappa shape index (κ1) is 8.61. The van der Waals surface area contributed by atoms with E-state index in [1.165, 1.54) is 11.0 Å². The number of hydrogen-bond acceptors (Lipinski definition) is 5. The largest absolute Gasteiger partial charge is 0.368 e. The van der Waals surface area contributed by atoms with E-state index in [1.807, 2.05) is 6.92 Å². The van der Waals surface area contributed by atoms with Crippen molar-refractivity contribution in [2.75, 3.05) is 5.73 Å². The summed E-state index contributed by atoms with van der Waals surface area (Å²) in [5.41, 5.74) is 6.52. The summed E-state index contributed by atoms with van der Waals surface area (Å²) < 4.78 is 1.49.